The maximum atomic E-state index is 12.1. The van der Waals surface area contributed by atoms with Crippen molar-refractivity contribution in [2.75, 3.05) is 0 Å². The minimum absolute atomic E-state index is 0.0426. The van der Waals surface area contributed by atoms with E-state index in [1.54, 1.807) is 0 Å². The van der Waals surface area contributed by atoms with Crippen LogP contribution in [0.5, 0.6) is 0 Å². The molecule has 0 aliphatic heterocycles. The highest BCUT2D eigenvalue weighted by Crippen LogP contribution is 2.33. The second kappa shape index (κ2) is 5.46. The van der Waals surface area contributed by atoms with Crippen molar-refractivity contribution in [3.05, 3.63) is 0 Å². The first kappa shape index (κ1) is 15.1. The maximum absolute atomic E-state index is 12.1. The smallest absolute Gasteiger partial charge is 0.303 e. The van der Waals surface area contributed by atoms with E-state index in [2.05, 4.69) is 6.92 Å². The van der Waals surface area contributed by atoms with Gasteiger partial charge in [-0.05, 0) is 11.8 Å². The Balaban J connectivity index is 4.49. The first-order valence-corrected chi connectivity index (χ1v) is 5.86. The van der Waals surface area contributed by atoms with Gasteiger partial charge in [0.2, 0.25) is 0 Å². The van der Waals surface area contributed by atoms with Gasteiger partial charge in [0.15, 0.2) is 0 Å². The molecule has 0 rings (SSSR count). The number of carboxylic acids is 1. The molecule has 0 bridgehead atoms. The fourth-order valence-corrected chi connectivity index (χ4v) is 1.91. The molecule has 0 heterocycles. The van der Waals surface area contributed by atoms with E-state index < -0.39 is 11.4 Å². The molecule has 0 fully saturated rings. The second-order valence-electron chi connectivity index (χ2n) is 5.97. The van der Waals surface area contributed by atoms with Crippen LogP contribution in [0, 0.1) is 10.8 Å². The molecule has 3 heteroatoms. The predicted octanol–water partition coefficient (Wildman–Crippen LogP) is 3.27. The van der Waals surface area contributed by atoms with Crippen LogP contribution in [0.4, 0.5) is 0 Å². The quantitative estimate of drug-likeness (QED) is 0.727. The molecule has 0 unspecified atom stereocenters. The molecule has 0 radical (unpaired) electrons. The Kier molecular flexibility index (Phi) is 5.17. The Labute approximate surface area is 98.2 Å². The number of carbonyl (C=O) groups is 2. The lowest BCUT2D eigenvalue weighted by Gasteiger charge is -2.28. The van der Waals surface area contributed by atoms with Crippen molar-refractivity contribution >= 4 is 11.8 Å². The number of rotatable bonds is 7. The van der Waals surface area contributed by atoms with E-state index in [1.807, 2.05) is 27.7 Å². The summed E-state index contributed by atoms with van der Waals surface area (Å²) < 4.78 is 0. The zero-order valence-corrected chi connectivity index (χ0v) is 11.1. The number of aliphatic carboxylic acids is 1. The molecule has 0 amide bonds. The van der Waals surface area contributed by atoms with Gasteiger partial charge >= 0.3 is 5.97 Å². The van der Waals surface area contributed by atoms with Gasteiger partial charge in [-0.2, -0.15) is 0 Å². The van der Waals surface area contributed by atoms with Crippen molar-refractivity contribution in [1.29, 1.82) is 0 Å². The molecule has 0 aromatic carbocycles. The van der Waals surface area contributed by atoms with Crippen molar-refractivity contribution in [1.82, 2.24) is 0 Å². The molecule has 1 N–H and O–H groups in total. The largest absolute Gasteiger partial charge is 0.481 e. The lowest BCUT2D eigenvalue weighted by molar-refractivity contribution is -0.140. The molecular weight excluding hydrogens is 204 g/mol. The van der Waals surface area contributed by atoms with Crippen LogP contribution in [-0.2, 0) is 9.59 Å². The zero-order chi connectivity index (χ0) is 13.0. The first-order valence-electron chi connectivity index (χ1n) is 5.86. The van der Waals surface area contributed by atoms with Gasteiger partial charge < -0.3 is 5.11 Å². The standard InChI is InChI=1S/C13H24O3/c1-6-7-13(4,5)10(14)8-12(2,3)9-11(15)16/h6-9H2,1-5H3,(H,15,16). The van der Waals surface area contributed by atoms with Gasteiger partial charge in [-0.3, -0.25) is 9.59 Å². The van der Waals surface area contributed by atoms with Gasteiger partial charge in [-0.25, -0.2) is 0 Å². The summed E-state index contributed by atoms with van der Waals surface area (Å²) in [4.78, 5) is 22.7. The van der Waals surface area contributed by atoms with E-state index in [-0.39, 0.29) is 17.6 Å². The number of Topliss-reactive ketones (excluding diaryl/α,β-unsaturated/α-hetero) is 1. The number of carboxylic acid groups (broad SMARTS) is 1. The molecule has 0 atom stereocenters. The lowest BCUT2D eigenvalue weighted by Crippen LogP contribution is -2.30. The summed E-state index contributed by atoms with van der Waals surface area (Å²) in [7, 11) is 0. The summed E-state index contributed by atoms with van der Waals surface area (Å²) in [5.74, 6) is -0.674. The molecule has 3 nitrogen and oxygen atoms in total. The highest BCUT2D eigenvalue weighted by molar-refractivity contribution is 5.85. The van der Waals surface area contributed by atoms with Gasteiger partial charge in [-0.1, -0.05) is 41.0 Å². The summed E-state index contributed by atoms with van der Waals surface area (Å²) in [5, 5.41) is 8.76. The van der Waals surface area contributed by atoms with Crippen LogP contribution in [0.1, 0.15) is 60.3 Å². The first-order chi connectivity index (χ1) is 7.10. The van der Waals surface area contributed by atoms with Crippen molar-refractivity contribution in [2.45, 2.75) is 60.3 Å². The van der Waals surface area contributed by atoms with Crippen molar-refractivity contribution < 1.29 is 14.7 Å². The summed E-state index contributed by atoms with van der Waals surface area (Å²) in [6, 6.07) is 0. The second-order valence-corrected chi connectivity index (χ2v) is 5.97. The Bertz CT molecular complexity index is 264. The fraction of sp³-hybridized carbons (Fsp3) is 0.846. The number of ketones is 1. The predicted molar refractivity (Wildman–Crippen MR) is 64.3 cm³/mol. The molecule has 16 heavy (non-hydrogen) atoms. The van der Waals surface area contributed by atoms with Crippen LogP contribution in [0.15, 0.2) is 0 Å². The highest BCUT2D eigenvalue weighted by atomic mass is 16.4. The third-order valence-corrected chi connectivity index (χ3v) is 2.90. The molecule has 94 valence electrons. The average Bonchev–Trinajstić information content (AvgIpc) is 1.99. The van der Waals surface area contributed by atoms with E-state index >= 15 is 0 Å². The van der Waals surface area contributed by atoms with Crippen LogP contribution < -0.4 is 0 Å². The topological polar surface area (TPSA) is 54.4 Å². The van der Waals surface area contributed by atoms with Crippen LogP contribution in [0.25, 0.3) is 0 Å². The summed E-state index contributed by atoms with van der Waals surface area (Å²) in [6.07, 6.45) is 2.21. The van der Waals surface area contributed by atoms with Crippen LogP contribution in [-0.4, -0.2) is 16.9 Å². The van der Waals surface area contributed by atoms with E-state index in [9.17, 15) is 9.59 Å². The third kappa shape index (κ3) is 5.29. The fourth-order valence-electron chi connectivity index (χ4n) is 1.91. The van der Waals surface area contributed by atoms with Gasteiger partial charge in [0.1, 0.15) is 5.78 Å². The Morgan fingerprint density at radius 1 is 1.06 bits per heavy atom. The number of hydrogen-bond acceptors (Lipinski definition) is 2. The van der Waals surface area contributed by atoms with E-state index in [1.165, 1.54) is 0 Å². The van der Waals surface area contributed by atoms with Gasteiger partial charge in [0.25, 0.3) is 0 Å². The Morgan fingerprint density at radius 3 is 1.94 bits per heavy atom. The summed E-state index contributed by atoms with van der Waals surface area (Å²) in [6.45, 7) is 9.60. The monoisotopic (exact) mass is 228 g/mol. The van der Waals surface area contributed by atoms with Crippen molar-refractivity contribution in [3.8, 4) is 0 Å². The van der Waals surface area contributed by atoms with E-state index in [0.29, 0.717) is 6.42 Å². The molecule has 0 aromatic heterocycles. The van der Waals surface area contributed by atoms with E-state index in [4.69, 9.17) is 5.11 Å². The molecule has 0 saturated heterocycles. The van der Waals surface area contributed by atoms with Gasteiger partial charge in [0, 0.05) is 11.8 Å². The summed E-state index contributed by atoms with van der Waals surface area (Å²) in [5.41, 5.74) is -0.779. The molecule has 0 aromatic rings. The Hall–Kier alpha value is -0.860. The Morgan fingerprint density at radius 2 is 1.56 bits per heavy atom. The average molecular weight is 228 g/mol. The molecular formula is C13H24O3. The molecule has 0 aliphatic rings. The number of carbonyl (C=O) groups excluding carboxylic acids is 1. The summed E-state index contributed by atoms with van der Waals surface area (Å²) >= 11 is 0. The van der Waals surface area contributed by atoms with Crippen molar-refractivity contribution in [2.24, 2.45) is 10.8 Å². The molecule has 0 saturated carbocycles. The van der Waals surface area contributed by atoms with Crippen molar-refractivity contribution in [3.63, 3.8) is 0 Å². The third-order valence-electron chi connectivity index (χ3n) is 2.90. The SMILES string of the molecule is CCCC(C)(C)C(=O)CC(C)(C)CC(=O)O. The lowest BCUT2D eigenvalue weighted by atomic mass is 9.74. The van der Waals surface area contributed by atoms with Crippen LogP contribution in [0.3, 0.4) is 0 Å². The van der Waals surface area contributed by atoms with Gasteiger partial charge in [0.05, 0.1) is 6.42 Å². The zero-order valence-electron chi connectivity index (χ0n) is 11.1. The molecule has 0 spiro atoms. The molecule has 0 aliphatic carbocycles. The van der Waals surface area contributed by atoms with Gasteiger partial charge in [-0.15, -0.1) is 0 Å². The van der Waals surface area contributed by atoms with Crippen LogP contribution >= 0.6 is 0 Å². The normalized spacial score (nSPS) is 12.6. The number of hydrogen-bond donors (Lipinski definition) is 1. The highest BCUT2D eigenvalue weighted by Gasteiger charge is 2.32. The van der Waals surface area contributed by atoms with E-state index in [0.717, 1.165) is 12.8 Å². The van der Waals surface area contributed by atoms with Crippen LogP contribution in [0.2, 0.25) is 0 Å². The minimum atomic E-state index is -0.842. The maximum Gasteiger partial charge on any atom is 0.303 e. The minimum Gasteiger partial charge on any atom is -0.481 e.